The molecule has 0 aliphatic heterocycles. The van der Waals surface area contributed by atoms with Crippen LogP contribution in [0.5, 0.6) is 0 Å². The van der Waals surface area contributed by atoms with Crippen LogP contribution in [0, 0.1) is 21.4 Å². The number of hydrogen-bond acceptors (Lipinski definition) is 6. The highest BCUT2D eigenvalue weighted by Gasteiger charge is 2.15. The first-order valence-corrected chi connectivity index (χ1v) is 5.97. The molecule has 1 rings (SSSR count). The first kappa shape index (κ1) is 14.9. The van der Waals surface area contributed by atoms with E-state index in [1.54, 1.807) is 0 Å². The highest BCUT2D eigenvalue weighted by atomic mass is 16.6. The normalized spacial score (nSPS) is 10.2. The van der Waals surface area contributed by atoms with Crippen LogP contribution in [0.2, 0.25) is 0 Å². The molecule has 0 fully saturated rings. The van der Waals surface area contributed by atoms with Crippen LogP contribution in [0.25, 0.3) is 0 Å². The minimum Gasteiger partial charge on any atom is -0.364 e. The lowest BCUT2D eigenvalue weighted by Gasteiger charge is -2.09. The highest BCUT2D eigenvalue weighted by molar-refractivity contribution is 5.58. The Morgan fingerprint density at radius 1 is 1.53 bits per heavy atom. The molecule has 7 nitrogen and oxygen atoms in total. The molecule has 0 unspecified atom stereocenters. The number of hydrogen-bond donors (Lipinski definition) is 1. The summed E-state index contributed by atoms with van der Waals surface area (Å²) >= 11 is 0. The number of nitro groups is 1. The Bertz CT molecular complexity index is 481. The molecule has 0 aliphatic rings. The first-order chi connectivity index (χ1) is 9.04. The van der Waals surface area contributed by atoms with Crippen molar-refractivity contribution in [3.05, 3.63) is 27.9 Å². The Kier molecular flexibility index (Phi) is 5.70. The predicted octanol–water partition coefficient (Wildman–Crippen LogP) is 1.62. The standard InChI is InChI=1S/C12H17N5O2/c1-16(2)6-4-3-5-14-12-11(17(18)19)7-10(8-13)9-15-12/h7,9H,3-6H2,1-2H3,(H,14,15). The van der Waals surface area contributed by atoms with Crippen LogP contribution in [-0.2, 0) is 0 Å². The summed E-state index contributed by atoms with van der Waals surface area (Å²) in [4.78, 5) is 16.3. The van der Waals surface area contributed by atoms with E-state index in [-0.39, 0.29) is 17.1 Å². The van der Waals surface area contributed by atoms with E-state index in [9.17, 15) is 10.1 Å². The monoisotopic (exact) mass is 263 g/mol. The Balaban J connectivity index is 2.58. The van der Waals surface area contributed by atoms with Crippen molar-refractivity contribution in [3.63, 3.8) is 0 Å². The van der Waals surface area contributed by atoms with Gasteiger partial charge in [-0.2, -0.15) is 5.26 Å². The maximum absolute atomic E-state index is 10.9. The zero-order chi connectivity index (χ0) is 14.3. The van der Waals surface area contributed by atoms with Crippen LogP contribution in [0.15, 0.2) is 12.3 Å². The third-order valence-corrected chi connectivity index (χ3v) is 2.52. The van der Waals surface area contributed by atoms with Crippen LogP contribution in [0.4, 0.5) is 11.5 Å². The van der Waals surface area contributed by atoms with E-state index in [0.29, 0.717) is 6.54 Å². The Hall–Kier alpha value is -2.20. The highest BCUT2D eigenvalue weighted by Crippen LogP contribution is 2.22. The van der Waals surface area contributed by atoms with Crippen molar-refractivity contribution in [2.45, 2.75) is 12.8 Å². The van der Waals surface area contributed by atoms with Gasteiger partial charge < -0.3 is 10.2 Å². The Labute approximate surface area is 112 Å². The molecule has 0 aromatic carbocycles. The average Bonchev–Trinajstić information content (AvgIpc) is 2.38. The first-order valence-electron chi connectivity index (χ1n) is 5.97. The molecule has 0 bridgehead atoms. The van der Waals surface area contributed by atoms with Gasteiger partial charge in [0.2, 0.25) is 5.82 Å². The van der Waals surface area contributed by atoms with Gasteiger partial charge in [0.1, 0.15) is 6.07 Å². The van der Waals surface area contributed by atoms with Crippen molar-refractivity contribution < 1.29 is 4.92 Å². The minimum absolute atomic E-state index is 0.161. The lowest BCUT2D eigenvalue weighted by Crippen LogP contribution is -2.14. The fourth-order valence-electron chi connectivity index (χ4n) is 1.55. The number of rotatable bonds is 7. The zero-order valence-corrected chi connectivity index (χ0v) is 11.1. The molecule has 1 aromatic heterocycles. The van der Waals surface area contributed by atoms with Crippen LogP contribution in [0.3, 0.4) is 0 Å². The summed E-state index contributed by atoms with van der Waals surface area (Å²) < 4.78 is 0. The molecule has 1 N–H and O–H groups in total. The third-order valence-electron chi connectivity index (χ3n) is 2.52. The second-order valence-electron chi connectivity index (χ2n) is 4.40. The van der Waals surface area contributed by atoms with Gasteiger partial charge in [-0.3, -0.25) is 10.1 Å². The number of pyridine rings is 1. The molecule has 0 aliphatic carbocycles. The second-order valence-corrected chi connectivity index (χ2v) is 4.40. The summed E-state index contributed by atoms with van der Waals surface area (Å²) in [7, 11) is 4.00. The summed E-state index contributed by atoms with van der Waals surface area (Å²) in [5.41, 5.74) is 0.0246. The minimum atomic E-state index is -0.532. The van der Waals surface area contributed by atoms with E-state index in [4.69, 9.17) is 5.26 Å². The van der Waals surface area contributed by atoms with Crippen molar-refractivity contribution in [2.24, 2.45) is 0 Å². The molecule has 0 atom stereocenters. The molecule has 0 saturated carbocycles. The van der Waals surface area contributed by atoms with Gasteiger partial charge in [0, 0.05) is 18.8 Å². The molecule has 102 valence electrons. The number of nitrogens with one attached hydrogen (secondary N) is 1. The topological polar surface area (TPSA) is 95.1 Å². The summed E-state index contributed by atoms with van der Waals surface area (Å²) in [5, 5.41) is 22.5. The average molecular weight is 263 g/mol. The van der Waals surface area contributed by atoms with Gasteiger partial charge in [-0.1, -0.05) is 0 Å². The summed E-state index contributed by atoms with van der Waals surface area (Å²) in [5.74, 6) is 0.217. The van der Waals surface area contributed by atoms with E-state index in [1.807, 2.05) is 20.2 Å². The van der Waals surface area contributed by atoms with Crippen molar-refractivity contribution >= 4 is 11.5 Å². The van der Waals surface area contributed by atoms with E-state index in [0.717, 1.165) is 19.4 Å². The molecular formula is C12H17N5O2. The Morgan fingerprint density at radius 2 is 2.26 bits per heavy atom. The number of nitrogens with zero attached hydrogens (tertiary/aromatic N) is 4. The number of unbranched alkanes of at least 4 members (excludes halogenated alkanes) is 1. The van der Waals surface area contributed by atoms with Gasteiger partial charge in [0.25, 0.3) is 0 Å². The maximum Gasteiger partial charge on any atom is 0.312 e. The molecular weight excluding hydrogens is 246 g/mol. The van der Waals surface area contributed by atoms with Crippen molar-refractivity contribution in [1.82, 2.24) is 9.88 Å². The van der Waals surface area contributed by atoms with Gasteiger partial charge >= 0.3 is 5.69 Å². The van der Waals surface area contributed by atoms with Gasteiger partial charge in [-0.25, -0.2) is 4.98 Å². The van der Waals surface area contributed by atoms with Gasteiger partial charge in [-0.15, -0.1) is 0 Å². The van der Waals surface area contributed by atoms with Crippen molar-refractivity contribution in [1.29, 1.82) is 5.26 Å². The van der Waals surface area contributed by atoms with Crippen molar-refractivity contribution in [2.75, 3.05) is 32.5 Å². The van der Waals surface area contributed by atoms with E-state index < -0.39 is 4.92 Å². The fraction of sp³-hybridized carbons (Fsp3) is 0.500. The predicted molar refractivity (Wildman–Crippen MR) is 71.9 cm³/mol. The quantitative estimate of drug-likeness (QED) is 0.456. The SMILES string of the molecule is CN(C)CCCCNc1ncc(C#N)cc1[N+](=O)[O-]. The van der Waals surface area contributed by atoms with Crippen molar-refractivity contribution in [3.8, 4) is 6.07 Å². The summed E-state index contributed by atoms with van der Waals surface area (Å²) in [6, 6.07) is 3.07. The summed E-state index contributed by atoms with van der Waals surface area (Å²) in [6.07, 6.45) is 3.23. The molecule has 0 spiro atoms. The molecule has 1 aromatic rings. The molecule has 0 saturated heterocycles. The number of aromatic nitrogens is 1. The van der Waals surface area contributed by atoms with E-state index >= 15 is 0 Å². The number of nitriles is 1. The smallest absolute Gasteiger partial charge is 0.312 e. The number of anilines is 1. The lowest BCUT2D eigenvalue weighted by molar-refractivity contribution is -0.384. The zero-order valence-electron chi connectivity index (χ0n) is 11.1. The van der Waals surface area contributed by atoms with Gasteiger partial charge in [-0.05, 0) is 33.5 Å². The van der Waals surface area contributed by atoms with Crippen LogP contribution in [-0.4, -0.2) is 42.0 Å². The molecule has 19 heavy (non-hydrogen) atoms. The van der Waals surface area contributed by atoms with Crippen LogP contribution >= 0.6 is 0 Å². The lowest BCUT2D eigenvalue weighted by atomic mass is 10.2. The molecule has 0 amide bonds. The van der Waals surface area contributed by atoms with E-state index in [1.165, 1.54) is 12.3 Å². The molecule has 0 radical (unpaired) electrons. The van der Waals surface area contributed by atoms with Gasteiger partial charge in [0.15, 0.2) is 0 Å². The van der Waals surface area contributed by atoms with Gasteiger partial charge in [0.05, 0.1) is 10.5 Å². The second kappa shape index (κ2) is 7.28. The largest absolute Gasteiger partial charge is 0.364 e. The fourth-order valence-corrected chi connectivity index (χ4v) is 1.55. The Morgan fingerprint density at radius 3 is 2.84 bits per heavy atom. The van der Waals surface area contributed by atoms with E-state index in [2.05, 4.69) is 15.2 Å². The maximum atomic E-state index is 10.9. The third kappa shape index (κ3) is 4.89. The summed E-state index contributed by atoms with van der Waals surface area (Å²) in [6.45, 7) is 1.60. The van der Waals surface area contributed by atoms with Crippen LogP contribution in [0.1, 0.15) is 18.4 Å². The molecule has 7 heteroatoms. The van der Waals surface area contributed by atoms with Crippen LogP contribution < -0.4 is 5.32 Å². The molecule has 1 heterocycles.